The van der Waals surface area contributed by atoms with Gasteiger partial charge in [0.2, 0.25) is 47.3 Å². The van der Waals surface area contributed by atoms with Crippen LogP contribution in [0.1, 0.15) is 75.3 Å². The van der Waals surface area contributed by atoms with Crippen LogP contribution in [-0.4, -0.2) is 147 Å². The van der Waals surface area contributed by atoms with E-state index in [9.17, 15) is 38.4 Å². The first-order valence-corrected chi connectivity index (χ1v) is 26.3. The lowest BCUT2D eigenvalue weighted by Gasteiger charge is -2.28. The van der Waals surface area contributed by atoms with Crippen LogP contribution in [0.5, 0.6) is 0 Å². The lowest BCUT2D eigenvalue weighted by Crippen LogP contribution is -2.60. The number of hydrogen-bond acceptors (Lipinski definition) is 12. The maximum atomic E-state index is 14.9. The predicted molar refractivity (Wildman–Crippen MR) is 304 cm³/mol. The molecule has 0 aliphatic carbocycles. The zero-order valence-corrected chi connectivity index (χ0v) is 45.0. The molecule has 0 unspecified atom stereocenters. The third kappa shape index (κ3) is 22.8. The van der Waals surface area contributed by atoms with Crippen LogP contribution in [0.4, 0.5) is 0 Å². The SMILES string of the molecule is CNC(=O)CC[C@@H]1NC(=O)[C@@H](CCCN=C(N)N)NC(=O)[C@H](CCCN=C(N)N)NC(=O)[C@@H](CCCN=C(N)N)NC(=O)[C@H](CCCN=C(N)N)NC(=O)[C@H](Cc2ccc3ccccc3c2)NC(=O)[C@@H](Cc2ccccc2)NC1=O. The van der Waals surface area contributed by atoms with Crippen molar-refractivity contribution in [1.29, 1.82) is 0 Å². The van der Waals surface area contributed by atoms with Gasteiger partial charge in [0.1, 0.15) is 42.3 Å². The summed E-state index contributed by atoms with van der Waals surface area (Å²) in [6, 6.07) is 11.7. The molecule has 434 valence electrons. The minimum absolute atomic E-state index is 0.0211. The third-order valence-corrected chi connectivity index (χ3v) is 12.7. The Kier molecular flexibility index (Phi) is 26.2. The fourth-order valence-electron chi connectivity index (χ4n) is 8.53. The van der Waals surface area contributed by atoms with Gasteiger partial charge in [0, 0.05) is 52.5 Å². The molecule has 28 heteroatoms. The Morgan fingerprint density at radius 1 is 0.400 bits per heavy atom. The zero-order valence-electron chi connectivity index (χ0n) is 45.0. The van der Waals surface area contributed by atoms with E-state index in [1.54, 1.807) is 36.4 Å². The maximum absolute atomic E-state index is 14.9. The monoisotopic (exact) mass is 1110 g/mol. The van der Waals surface area contributed by atoms with E-state index in [1.807, 2.05) is 36.4 Å². The highest BCUT2D eigenvalue weighted by Gasteiger charge is 2.36. The fraction of sp³-hybridized carbons (Fsp3) is 0.462. The van der Waals surface area contributed by atoms with Crippen LogP contribution in [0, 0.1) is 0 Å². The Morgan fingerprint density at radius 3 is 1.07 bits per heavy atom. The van der Waals surface area contributed by atoms with E-state index in [1.165, 1.54) is 7.05 Å². The molecule has 24 N–H and O–H groups in total. The molecule has 1 fully saturated rings. The topological polar surface area (TPSA) is 490 Å². The molecule has 3 aromatic rings. The molecule has 0 radical (unpaired) electrons. The second-order valence-corrected chi connectivity index (χ2v) is 19.0. The van der Waals surface area contributed by atoms with Gasteiger partial charge in [0.15, 0.2) is 23.8 Å². The van der Waals surface area contributed by atoms with E-state index >= 15 is 0 Å². The first-order chi connectivity index (χ1) is 38.2. The van der Waals surface area contributed by atoms with Crippen LogP contribution in [0.15, 0.2) is 92.8 Å². The van der Waals surface area contributed by atoms with Crippen LogP contribution < -0.4 is 88.4 Å². The molecule has 3 aromatic carbocycles. The van der Waals surface area contributed by atoms with Crippen molar-refractivity contribution in [3.05, 3.63) is 83.9 Å². The molecule has 1 heterocycles. The van der Waals surface area contributed by atoms with Crippen molar-refractivity contribution in [3.8, 4) is 0 Å². The number of carbonyl (C=O) groups is 8. The van der Waals surface area contributed by atoms with E-state index in [-0.39, 0.29) is 127 Å². The quantitative estimate of drug-likeness (QED) is 0.0243. The molecule has 1 saturated heterocycles. The second-order valence-electron chi connectivity index (χ2n) is 19.0. The number of nitrogens with one attached hydrogen (secondary N) is 8. The van der Waals surface area contributed by atoms with Gasteiger partial charge in [-0.15, -0.1) is 0 Å². The van der Waals surface area contributed by atoms with Crippen molar-refractivity contribution in [1.82, 2.24) is 42.5 Å². The maximum Gasteiger partial charge on any atom is 0.243 e. The summed E-state index contributed by atoms with van der Waals surface area (Å²) in [4.78, 5) is 131. The Labute approximate surface area is 463 Å². The fourth-order valence-corrected chi connectivity index (χ4v) is 8.53. The summed E-state index contributed by atoms with van der Waals surface area (Å²) >= 11 is 0. The molecule has 7 atom stereocenters. The lowest BCUT2D eigenvalue weighted by molar-refractivity contribution is -0.135. The normalized spacial score (nSPS) is 20.6. The molecule has 0 spiro atoms. The summed E-state index contributed by atoms with van der Waals surface area (Å²) in [6.07, 6.45) is -0.649. The first-order valence-electron chi connectivity index (χ1n) is 26.3. The number of carbonyl (C=O) groups excluding carboxylic acids is 8. The smallest absolute Gasteiger partial charge is 0.243 e. The molecule has 0 saturated carbocycles. The number of aliphatic imine (C=N–C) groups is 4. The van der Waals surface area contributed by atoms with Crippen molar-refractivity contribution >= 4 is 81.9 Å². The molecule has 1 aliphatic rings. The minimum atomic E-state index is -1.50. The average Bonchev–Trinajstić information content (AvgIpc) is 3.44. The van der Waals surface area contributed by atoms with Crippen molar-refractivity contribution in [2.24, 2.45) is 65.8 Å². The molecule has 0 aromatic heterocycles. The van der Waals surface area contributed by atoms with Gasteiger partial charge in [0.25, 0.3) is 0 Å². The highest BCUT2D eigenvalue weighted by atomic mass is 16.2. The number of hydrogen-bond donors (Lipinski definition) is 16. The van der Waals surface area contributed by atoms with Crippen LogP contribution in [0.25, 0.3) is 10.8 Å². The van der Waals surface area contributed by atoms with Gasteiger partial charge >= 0.3 is 0 Å². The van der Waals surface area contributed by atoms with E-state index in [0.717, 1.165) is 10.8 Å². The number of nitrogens with zero attached hydrogens (tertiary/aromatic N) is 4. The summed E-state index contributed by atoms with van der Waals surface area (Å²) in [7, 11) is 1.40. The summed E-state index contributed by atoms with van der Waals surface area (Å²) in [5, 5.41) is 23.4. The van der Waals surface area contributed by atoms with Gasteiger partial charge in [-0.25, -0.2) is 0 Å². The Bertz CT molecular complexity index is 2710. The number of nitrogens with two attached hydrogens (primary N) is 8. The van der Waals surface area contributed by atoms with Gasteiger partial charge in [0.05, 0.1) is 0 Å². The van der Waals surface area contributed by atoms with Crippen molar-refractivity contribution in [2.45, 2.75) is 119 Å². The summed E-state index contributed by atoms with van der Waals surface area (Å²) in [5.74, 6) is -7.36. The highest BCUT2D eigenvalue weighted by molar-refractivity contribution is 5.99. The Morgan fingerprint density at radius 2 is 0.713 bits per heavy atom. The van der Waals surface area contributed by atoms with Crippen LogP contribution in [0.3, 0.4) is 0 Å². The summed E-state index contributed by atoms with van der Waals surface area (Å²) < 4.78 is 0. The molecule has 0 bridgehead atoms. The molecule has 80 heavy (non-hydrogen) atoms. The third-order valence-electron chi connectivity index (χ3n) is 12.7. The van der Waals surface area contributed by atoms with Crippen LogP contribution >= 0.6 is 0 Å². The van der Waals surface area contributed by atoms with Gasteiger partial charge in [-0.2, -0.15) is 0 Å². The van der Waals surface area contributed by atoms with Gasteiger partial charge in [-0.1, -0.05) is 72.8 Å². The lowest BCUT2D eigenvalue weighted by atomic mass is 9.99. The largest absolute Gasteiger partial charge is 0.370 e. The number of fused-ring (bicyclic) bond motifs is 1. The average molecular weight is 1110 g/mol. The van der Waals surface area contributed by atoms with E-state index in [4.69, 9.17) is 45.9 Å². The van der Waals surface area contributed by atoms with Crippen molar-refractivity contribution < 1.29 is 38.4 Å². The van der Waals surface area contributed by atoms with Gasteiger partial charge in [-0.3, -0.25) is 58.3 Å². The van der Waals surface area contributed by atoms with Crippen LogP contribution in [0.2, 0.25) is 0 Å². The number of guanidine groups is 4. The van der Waals surface area contributed by atoms with E-state index in [2.05, 4.69) is 62.5 Å². The molecule has 1 aliphatic heterocycles. The van der Waals surface area contributed by atoms with Crippen molar-refractivity contribution in [2.75, 3.05) is 33.2 Å². The Balaban J connectivity index is 1.93. The number of benzene rings is 3. The molecule has 28 nitrogen and oxygen atoms in total. The van der Waals surface area contributed by atoms with E-state index in [0.29, 0.717) is 11.1 Å². The summed E-state index contributed by atoms with van der Waals surface area (Å²) in [6.45, 7) is 0.114. The Hall–Kier alpha value is -9.24. The second kappa shape index (κ2) is 33.1. The first kappa shape index (κ1) is 63.3. The number of rotatable bonds is 23. The number of amides is 8. The van der Waals surface area contributed by atoms with Crippen molar-refractivity contribution in [3.63, 3.8) is 0 Å². The predicted octanol–water partition coefficient (Wildman–Crippen LogP) is -4.23. The molecular formula is C52H78N20O8. The standard InChI is InChI=1S/C52H78N20O8/c1-61-41(73)22-21-38-46(78)71-39(28-30-11-3-2-4-12-30)48(80)72-40(29-31-19-20-32-13-5-6-14-33(32)27-31)47(79)69-37(18-10-26-65-52(59)60)44(76)67-35(16-8-24-63-50(55)56)42(74)66-34(15-7-23-62-49(53)54)43(75)68-36(45(77)70-38)17-9-25-64-51(57)58/h2-6,11-14,19-20,27,34-40H,7-10,15-18,21-26,28-29H2,1H3,(H,61,73)(H,66,74)(H,67,76)(H,68,75)(H,69,79)(H,70,77)(H,71,78)(H,72,80)(H4,53,54,62)(H4,55,56,63)(H4,57,58,64)(H4,59,60,65)/t34-,35+,36+,37-,38-,39+,40-/m0/s1. The molecular weight excluding hydrogens is 1030 g/mol. The summed E-state index contributed by atoms with van der Waals surface area (Å²) in [5.41, 5.74) is 45.9. The van der Waals surface area contributed by atoms with E-state index < -0.39 is 89.6 Å². The van der Waals surface area contributed by atoms with Gasteiger partial charge in [-0.05, 0) is 79.7 Å². The zero-order chi connectivity index (χ0) is 58.6. The highest BCUT2D eigenvalue weighted by Crippen LogP contribution is 2.18. The molecule has 8 amide bonds. The van der Waals surface area contributed by atoms with Crippen LogP contribution in [-0.2, 0) is 51.2 Å². The molecule has 4 rings (SSSR count). The van der Waals surface area contributed by atoms with Gasteiger partial charge < -0.3 is 88.4 Å². The minimum Gasteiger partial charge on any atom is -0.370 e.